The van der Waals surface area contributed by atoms with E-state index in [0.717, 1.165) is 4.70 Å². The van der Waals surface area contributed by atoms with Crippen molar-refractivity contribution in [1.82, 2.24) is 20.9 Å². The van der Waals surface area contributed by atoms with E-state index < -0.39 is 35.9 Å². The molecule has 246 valence electrons. The molecule has 1 fully saturated rings. The van der Waals surface area contributed by atoms with Crippen molar-refractivity contribution in [2.75, 3.05) is 6.54 Å². The number of guanidine groups is 1. The maximum Gasteiger partial charge on any atom is 0.243 e. The topological polar surface area (TPSA) is 199 Å². The summed E-state index contributed by atoms with van der Waals surface area (Å²) in [5.74, 6) is -1.92. The zero-order valence-corrected chi connectivity index (χ0v) is 27.3. The number of hydrogen-bond acceptors (Lipinski definition) is 8. The Balaban J connectivity index is 1.84. The molecule has 4 atom stereocenters. The lowest BCUT2D eigenvalue weighted by Gasteiger charge is -2.26. The van der Waals surface area contributed by atoms with Crippen LogP contribution >= 0.6 is 11.3 Å². The minimum absolute atomic E-state index is 0.0645. The Morgan fingerprint density at radius 1 is 1.04 bits per heavy atom. The highest BCUT2D eigenvalue weighted by molar-refractivity contribution is 7.20. The maximum absolute atomic E-state index is 13.8. The second-order valence-electron chi connectivity index (χ2n) is 12.2. The van der Waals surface area contributed by atoms with E-state index in [-0.39, 0.29) is 47.3 Å². The third-order valence-corrected chi connectivity index (χ3v) is 8.86. The van der Waals surface area contributed by atoms with Gasteiger partial charge in [0.2, 0.25) is 23.5 Å². The van der Waals surface area contributed by atoms with E-state index in [1.807, 2.05) is 38.1 Å². The van der Waals surface area contributed by atoms with Gasteiger partial charge in [0.15, 0.2) is 11.0 Å². The zero-order chi connectivity index (χ0) is 32.9. The molecule has 0 bridgehead atoms. The first-order valence-corrected chi connectivity index (χ1v) is 16.6. The first kappa shape index (κ1) is 35.6. The fraction of sp³-hybridized carbons (Fsp3) is 0.594. The lowest BCUT2D eigenvalue weighted by molar-refractivity contribution is -0.133. The number of ketones is 2. The number of fused-ring (bicyclic) bond motifs is 1. The zero-order valence-electron chi connectivity index (χ0n) is 26.5. The average Bonchev–Trinajstić information content (AvgIpc) is 3.43. The molecule has 1 unspecified atom stereocenters. The number of nitrogens with two attached hydrogens (primary N) is 2. The van der Waals surface area contributed by atoms with Crippen LogP contribution < -0.4 is 27.4 Å². The molecule has 3 amide bonds. The van der Waals surface area contributed by atoms with Gasteiger partial charge in [-0.1, -0.05) is 45.7 Å². The molecule has 2 heterocycles. The molecule has 1 saturated heterocycles. The number of thiazole rings is 1. The minimum Gasteiger partial charge on any atom is -0.370 e. The second kappa shape index (κ2) is 17.6. The van der Waals surface area contributed by atoms with Crippen molar-refractivity contribution in [1.29, 1.82) is 0 Å². The Bertz CT molecular complexity index is 1340. The average molecular weight is 642 g/mol. The van der Waals surface area contributed by atoms with E-state index in [4.69, 9.17) is 11.5 Å². The number of benzene rings is 1. The van der Waals surface area contributed by atoms with Gasteiger partial charge in [0.25, 0.3) is 0 Å². The molecule has 13 heteroatoms. The van der Waals surface area contributed by atoms with Crippen molar-refractivity contribution in [3.05, 3.63) is 29.3 Å². The number of carbonyl (C=O) groups excluding carboxylic acids is 5. The van der Waals surface area contributed by atoms with Crippen LogP contribution in [0, 0.1) is 11.8 Å². The number of aliphatic imine (C=N–C) groups is 1. The number of Topliss-reactive ketones (excluding diaryl/α,β-unsaturated/α-hetero) is 2. The lowest BCUT2D eigenvalue weighted by atomic mass is 9.98. The van der Waals surface area contributed by atoms with E-state index in [1.54, 1.807) is 6.92 Å². The van der Waals surface area contributed by atoms with Crippen molar-refractivity contribution in [2.45, 2.75) is 103 Å². The number of para-hydroxylation sites is 1. The first-order valence-electron chi connectivity index (χ1n) is 15.8. The third kappa shape index (κ3) is 11.5. The summed E-state index contributed by atoms with van der Waals surface area (Å²) in [6.45, 7) is 5.91. The molecule has 2 aromatic rings. The van der Waals surface area contributed by atoms with Crippen LogP contribution in [0.1, 0.15) is 94.8 Å². The standard InChI is InChI=1S/C32H47N7O5S/c1-19(2)18-25-30(44)37-24(12-6-4-5-10-21(40)16-15-20(3)28(42)38-25)29(43)36-23(13-9-17-35-32(33)34)27(41)31-39-22-11-7-8-14-26(22)45-31/h7-8,11,14,19-20,23-25H,4-6,9-10,12-13,15-18H2,1-3H3,(H,36,43)(H,37,44)(H,38,42)(H4,33,34,35)/t20-,23-,24?,25-/m0/s1. The fourth-order valence-corrected chi connectivity index (χ4v) is 6.17. The van der Waals surface area contributed by atoms with Crippen molar-refractivity contribution in [3.8, 4) is 0 Å². The number of rotatable bonds is 10. The molecule has 45 heavy (non-hydrogen) atoms. The van der Waals surface area contributed by atoms with Gasteiger partial charge in [0.05, 0.1) is 16.3 Å². The highest BCUT2D eigenvalue weighted by Gasteiger charge is 2.32. The normalized spacial score (nSPS) is 21.2. The maximum atomic E-state index is 13.8. The van der Waals surface area contributed by atoms with Crippen LogP contribution in [0.3, 0.4) is 0 Å². The third-order valence-electron chi connectivity index (χ3n) is 7.81. The van der Waals surface area contributed by atoms with Gasteiger partial charge in [-0.25, -0.2) is 4.98 Å². The predicted molar refractivity (Wildman–Crippen MR) is 176 cm³/mol. The number of amides is 3. The van der Waals surface area contributed by atoms with Gasteiger partial charge < -0.3 is 27.4 Å². The van der Waals surface area contributed by atoms with Crippen LogP contribution in [0.5, 0.6) is 0 Å². The summed E-state index contributed by atoms with van der Waals surface area (Å²) in [7, 11) is 0. The smallest absolute Gasteiger partial charge is 0.243 e. The molecule has 0 radical (unpaired) electrons. The minimum atomic E-state index is -0.953. The number of hydrogen-bond donors (Lipinski definition) is 5. The van der Waals surface area contributed by atoms with E-state index in [0.29, 0.717) is 63.3 Å². The molecule has 3 rings (SSSR count). The number of nitrogens with zero attached hydrogens (tertiary/aromatic N) is 2. The number of aromatic nitrogens is 1. The molecule has 12 nitrogen and oxygen atoms in total. The van der Waals surface area contributed by atoms with Crippen LogP contribution in [0.25, 0.3) is 10.2 Å². The second-order valence-corrected chi connectivity index (χ2v) is 13.2. The number of nitrogens with one attached hydrogen (secondary N) is 3. The molecule has 0 aliphatic carbocycles. The summed E-state index contributed by atoms with van der Waals surface area (Å²) in [4.78, 5) is 74.8. The lowest BCUT2D eigenvalue weighted by Crippen LogP contribution is -2.56. The van der Waals surface area contributed by atoms with Crippen LogP contribution in [-0.4, -0.2) is 64.9 Å². The van der Waals surface area contributed by atoms with Gasteiger partial charge >= 0.3 is 0 Å². The molecule has 0 spiro atoms. The van der Waals surface area contributed by atoms with Gasteiger partial charge in [0, 0.05) is 25.3 Å². The highest BCUT2D eigenvalue weighted by atomic mass is 32.1. The summed E-state index contributed by atoms with van der Waals surface area (Å²) >= 11 is 1.25. The Kier molecular flexibility index (Phi) is 13.9. The Hall–Kier alpha value is -3.87. The van der Waals surface area contributed by atoms with E-state index >= 15 is 0 Å². The summed E-state index contributed by atoms with van der Waals surface area (Å²) < 4.78 is 0.853. The van der Waals surface area contributed by atoms with Crippen LogP contribution in [0.2, 0.25) is 0 Å². The quantitative estimate of drug-likeness (QED) is 0.113. The van der Waals surface area contributed by atoms with Crippen molar-refractivity contribution in [3.63, 3.8) is 0 Å². The summed E-state index contributed by atoms with van der Waals surface area (Å²) in [5, 5.41) is 8.85. The van der Waals surface area contributed by atoms with Gasteiger partial charge in [0.1, 0.15) is 17.9 Å². The van der Waals surface area contributed by atoms with Gasteiger partial charge in [-0.2, -0.15) is 0 Å². The Labute approximate surface area is 268 Å². The van der Waals surface area contributed by atoms with Crippen LogP contribution in [0.15, 0.2) is 29.3 Å². The van der Waals surface area contributed by atoms with E-state index in [2.05, 4.69) is 25.9 Å². The monoisotopic (exact) mass is 641 g/mol. The first-order chi connectivity index (χ1) is 21.4. The van der Waals surface area contributed by atoms with Crippen molar-refractivity contribution in [2.24, 2.45) is 28.3 Å². The molecular formula is C32H47N7O5S. The number of carbonyl (C=O) groups is 5. The molecule has 1 aromatic heterocycles. The summed E-state index contributed by atoms with van der Waals surface area (Å²) in [5.41, 5.74) is 11.6. The molecular weight excluding hydrogens is 594 g/mol. The molecule has 1 aliphatic rings. The predicted octanol–water partition coefficient (Wildman–Crippen LogP) is 2.98. The summed E-state index contributed by atoms with van der Waals surface area (Å²) in [6, 6.07) is 4.68. The fourth-order valence-electron chi connectivity index (χ4n) is 5.21. The van der Waals surface area contributed by atoms with Gasteiger partial charge in [-0.05, 0) is 56.6 Å². The molecule has 7 N–H and O–H groups in total. The highest BCUT2D eigenvalue weighted by Crippen LogP contribution is 2.23. The van der Waals surface area contributed by atoms with Gasteiger partial charge in [-0.15, -0.1) is 11.3 Å². The largest absolute Gasteiger partial charge is 0.370 e. The van der Waals surface area contributed by atoms with E-state index in [9.17, 15) is 24.0 Å². The molecule has 0 saturated carbocycles. The van der Waals surface area contributed by atoms with Crippen LogP contribution in [0.4, 0.5) is 0 Å². The Morgan fingerprint density at radius 2 is 1.80 bits per heavy atom. The molecule has 1 aliphatic heterocycles. The van der Waals surface area contributed by atoms with Crippen molar-refractivity contribution < 1.29 is 24.0 Å². The summed E-state index contributed by atoms with van der Waals surface area (Å²) in [6.07, 6.45) is 4.43. The van der Waals surface area contributed by atoms with Crippen molar-refractivity contribution >= 4 is 56.8 Å². The molecule has 1 aromatic carbocycles. The Morgan fingerprint density at radius 3 is 2.51 bits per heavy atom. The SMILES string of the molecule is CC(C)C[C@@H]1NC(=O)[C@@H](C)CCC(=O)CCCCCC(C(=O)N[C@@H](CCCN=C(N)N)C(=O)c2nc3ccccc3s2)NC1=O. The van der Waals surface area contributed by atoms with E-state index in [1.165, 1.54) is 11.3 Å². The van der Waals surface area contributed by atoms with Gasteiger partial charge in [-0.3, -0.25) is 29.0 Å². The van der Waals surface area contributed by atoms with Crippen LogP contribution in [-0.2, 0) is 19.2 Å².